The number of hydrogen-bond acceptors (Lipinski definition) is 4. The van der Waals surface area contributed by atoms with Gasteiger partial charge in [0.15, 0.2) is 0 Å². The van der Waals surface area contributed by atoms with Crippen LogP contribution in [0.5, 0.6) is 0 Å². The summed E-state index contributed by atoms with van der Waals surface area (Å²) in [6, 6.07) is 18.3. The Labute approximate surface area is 196 Å². The van der Waals surface area contributed by atoms with Crippen LogP contribution in [0.15, 0.2) is 60.7 Å². The largest absolute Gasteiger partial charge is 0.354 e. The predicted molar refractivity (Wildman–Crippen MR) is 128 cm³/mol. The third-order valence-corrected chi connectivity index (χ3v) is 6.96. The maximum Gasteiger partial charge on any atom is 0.317 e. The first-order valence-corrected chi connectivity index (χ1v) is 13.0. The van der Waals surface area contributed by atoms with Gasteiger partial charge < -0.3 is 15.5 Å². The maximum absolute atomic E-state index is 12.8. The molecule has 0 saturated carbocycles. The summed E-state index contributed by atoms with van der Waals surface area (Å²) in [5.74, 6) is -0.246. The minimum atomic E-state index is -3.57. The van der Waals surface area contributed by atoms with Crippen molar-refractivity contribution in [1.29, 1.82) is 0 Å². The lowest BCUT2D eigenvalue weighted by atomic mass is 10.0. The number of rotatable bonds is 5. The second-order valence-corrected chi connectivity index (χ2v) is 10.1. The first kappa shape index (κ1) is 24.7. The molecule has 1 aliphatic rings. The van der Waals surface area contributed by atoms with Gasteiger partial charge in [-0.15, -0.1) is 0 Å². The highest BCUT2D eigenvalue weighted by molar-refractivity contribution is 7.88. The minimum Gasteiger partial charge on any atom is -0.354 e. The number of carbonyl (C=O) groups excluding carboxylic acids is 2. The molecule has 1 saturated heterocycles. The highest BCUT2D eigenvalue weighted by Crippen LogP contribution is 2.27. The maximum atomic E-state index is 12.8. The van der Waals surface area contributed by atoms with Crippen molar-refractivity contribution in [1.82, 2.24) is 19.8 Å². The average Bonchev–Trinajstić information content (AvgIpc) is 2.83. The molecule has 2 N–H and O–H groups in total. The Morgan fingerprint density at radius 2 is 1.70 bits per heavy atom. The van der Waals surface area contributed by atoms with Gasteiger partial charge in [-0.3, -0.25) is 4.79 Å². The van der Waals surface area contributed by atoms with Crippen molar-refractivity contribution in [3.8, 4) is 0 Å². The van der Waals surface area contributed by atoms with Gasteiger partial charge in [0.25, 0.3) is 0 Å². The normalized spacial score (nSPS) is 18.8. The van der Waals surface area contributed by atoms with Crippen LogP contribution in [0.3, 0.4) is 0 Å². The van der Waals surface area contributed by atoms with Crippen molar-refractivity contribution in [2.45, 2.75) is 25.3 Å². The Morgan fingerprint density at radius 1 is 1.03 bits per heavy atom. The van der Waals surface area contributed by atoms with Crippen LogP contribution in [-0.2, 0) is 21.2 Å². The molecule has 0 aromatic heterocycles. The Balaban J connectivity index is 1.68. The van der Waals surface area contributed by atoms with Crippen LogP contribution in [-0.4, -0.2) is 68.5 Å². The van der Waals surface area contributed by atoms with Crippen molar-refractivity contribution in [2.75, 3.05) is 39.0 Å². The fourth-order valence-corrected chi connectivity index (χ4v) is 5.11. The van der Waals surface area contributed by atoms with Gasteiger partial charge >= 0.3 is 6.03 Å². The summed E-state index contributed by atoms with van der Waals surface area (Å²) in [4.78, 5) is 27.0. The lowest BCUT2D eigenvalue weighted by Crippen LogP contribution is -2.45. The van der Waals surface area contributed by atoms with Gasteiger partial charge in [0, 0.05) is 39.1 Å². The highest BCUT2D eigenvalue weighted by atomic mass is 32.2. The standard InChI is InChI=1S/C24H32N4O4S/c1-33(31,32)28-17-8-16-27(24(30)26-14-13-20-9-4-2-5-10-20)18-15-25-23(29)19-22(28)21-11-6-3-7-12-21/h2-7,9-12,22H,8,13-19H2,1H3,(H,25,29)(H,26,30). The number of urea groups is 1. The molecular weight excluding hydrogens is 440 g/mol. The zero-order valence-corrected chi connectivity index (χ0v) is 19.8. The van der Waals surface area contributed by atoms with E-state index in [0.717, 1.165) is 23.8 Å². The number of benzene rings is 2. The average molecular weight is 473 g/mol. The van der Waals surface area contributed by atoms with Gasteiger partial charge in [0.1, 0.15) is 0 Å². The molecule has 2 aromatic rings. The quantitative estimate of drug-likeness (QED) is 0.697. The van der Waals surface area contributed by atoms with E-state index in [1.165, 1.54) is 4.31 Å². The number of hydrogen-bond donors (Lipinski definition) is 2. The molecule has 1 atom stereocenters. The van der Waals surface area contributed by atoms with Crippen LogP contribution in [0.1, 0.15) is 30.0 Å². The van der Waals surface area contributed by atoms with E-state index in [1.807, 2.05) is 60.7 Å². The van der Waals surface area contributed by atoms with Gasteiger partial charge in [-0.25, -0.2) is 13.2 Å². The molecular formula is C24H32N4O4S. The van der Waals surface area contributed by atoms with Crippen LogP contribution in [0.4, 0.5) is 4.79 Å². The summed E-state index contributed by atoms with van der Waals surface area (Å²) >= 11 is 0. The Morgan fingerprint density at radius 3 is 2.36 bits per heavy atom. The van der Waals surface area contributed by atoms with Crippen LogP contribution in [0, 0.1) is 0 Å². The summed E-state index contributed by atoms with van der Waals surface area (Å²) in [7, 11) is -3.57. The van der Waals surface area contributed by atoms with E-state index < -0.39 is 16.1 Å². The summed E-state index contributed by atoms with van der Waals surface area (Å²) < 4.78 is 26.6. The van der Waals surface area contributed by atoms with E-state index >= 15 is 0 Å². The van der Waals surface area contributed by atoms with E-state index in [9.17, 15) is 18.0 Å². The second-order valence-electron chi connectivity index (χ2n) is 8.16. The number of nitrogens with one attached hydrogen (secondary N) is 2. The molecule has 0 spiro atoms. The summed E-state index contributed by atoms with van der Waals surface area (Å²) in [5.41, 5.74) is 1.91. The minimum absolute atomic E-state index is 0.0281. The van der Waals surface area contributed by atoms with E-state index in [2.05, 4.69) is 10.6 Å². The number of carbonyl (C=O) groups is 2. The molecule has 2 aromatic carbocycles. The highest BCUT2D eigenvalue weighted by Gasteiger charge is 2.30. The summed E-state index contributed by atoms with van der Waals surface area (Å²) in [6.07, 6.45) is 2.38. The molecule has 3 rings (SSSR count). The third-order valence-electron chi connectivity index (χ3n) is 5.67. The molecule has 9 heteroatoms. The second kappa shape index (κ2) is 11.8. The molecule has 0 aliphatic carbocycles. The molecule has 1 fully saturated rings. The van der Waals surface area contributed by atoms with Crippen LogP contribution < -0.4 is 10.6 Å². The SMILES string of the molecule is CS(=O)(=O)N1CCCN(C(=O)NCCc2ccccc2)CCNC(=O)CC1c1ccccc1. The van der Waals surface area contributed by atoms with Gasteiger partial charge in [-0.05, 0) is 24.0 Å². The Kier molecular flexibility index (Phi) is 8.85. The fourth-order valence-electron chi connectivity index (χ4n) is 3.99. The Hall–Kier alpha value is -2.91. The van der Waals surface area contributed by atoms with Crippen molar-refractivity contribution < 1.29 is 18.0 Å². The monoisotopic (exact) mass is 472 g/mol. The first-order valence-electron chi connectivity index (χ1n) is 11.2. The van der Waals surface area contributed by atoms with Gasteiger partial charge in [0.2, 0.25) is 15.9 Å². The molecule has 178 valence electrons. The zero-order chi connectivity index (χ0) is 23.7. The third kappa shape index (κ3) is 7.57. The molecule has 33 heavy (non-hydrogen) atoms. The lowest BCUT2D eigenvalue weighted by Gasteiger charge is -2.30. The smallest absolute Gasteiger partial charge is 0.317 e. The Bertz CT molecular complexity index is 1020. The molecule has 1 unspecified atom stereocenters. The topological polar surface area (TPSA) is 98.8 Å². The van der Waals surface area contributed by atoms with E-state index in [4.69, 9.17) is 0 Å². The van der Waals surface area contributed by atoms with Crippen LogP contribution in [0.2, 0.25) is 0 Å². The van der Waals surface area contributed by atoms with Gasteiger partial charge in [-0.2, -0.15) is 4.31 Å². The zero-order valence-electron chi connectivity index (χ0n) is 18.9. The molecule has 0 radical (unpaired) electrons. The van der Waals surface area contributed by atoms with Crippen molar-refractivity contribution in [2.24, 2.45) is 0 Å². The molecule has 0 bridgehead atoms. The predicted octanol–water partition coefficient (Wildman–Crippen LogP) is 2.15. The van der Waals surface area contributed by atoms with E-state index in [1.54, 1.807) is 4.90 Å². The number of sulfonamides is 1. The molecule has 3 amide bonds. The van der Waals surface area contributed by atoms with Gasteiger partial charge in [0.05, 0.1) is 12.3 Å². The van der Waals surface area contributed by atoms with E-state index in [-0.39, 0.29) is 24.9 Å². The number of amides is 3. The van der Waals surface area contributed by atoms with Crippen molar-refractivity contribution in [3.63, 3.8) is 0 Å². The molecule has 8 nitrogen and oxygen atoms in total. The first-order chi connectivity index (χ1) is 15.8. The van der Waals surface area contributed by atoms with Crippen molar-refractivity contribution >= 4 is 22.0 Å². The summed E-state index contributed by atoms with van der Waals surface area (Å²) in [6.45, 7) is 1.78. The fraction of sp³-hybridized carbons (Fsp3) is 0.417. The van der Waals surface area contributed by atoms with Crippen LogP contribution in [0.25, 0.3) is 0 Å². The number of nitrogens with zero attached hydrogens (tertiary/aromatic N) is 2. The lowest BCUT2D eigenvalue weighted by molar-refractivity contribution is -0.122. The molecule has 1 aliphatic heterocycles. The van der Waals surface area contributed by atoms with E-state index in [0.29, 0.717) is 32.6 Å². The van der Waals surface area contributed by atoms with Crippen LogP contribution >= 0.6 is 0 Å². The molecule has 1 heterocycles. The van der Waals surface area contributed by atoms with Crippen molar-refractivity contribution in [3.05, 3.63) is 71.8 Å². The van der Waals surface area contributed by atoms with Gasteiger partial charge in [-0.1, -0.05) is 60.7 Å². The summed E-state index contributed by atoms with van der Waals surface area (Å²) in [5, 5.41) is 5.77.